The molecule has 1 aliphatic heterocycles. The molecule has 5 nitrogen and oxygen atoms in total. The summed E-state index contributed by atoms with van der Waals surface area (Å²) in [5.74, 6) is 0.0960. The van der Waals surface area contributed by atoms with Crippen molar-refractivity contribution in [2.45, 2.75) is 25.3 Å². The van der Waals surface area contributed by atoms with Gasteiger partial charge >= 0.3 is 0 Å². The lowest BCUT2D eigenvalue weighted by atomic mass is 10.1. The zero-order chi connectivity index (χ0) is 17.6. The van der Waals surface area contributed by atoms with Crippen molar-refractivity contribution in [3.8, 4) is 0 Å². The van der Waals surface area contributed by atoms with Gasteiger partial charge in [-0.15, -0.1) is 0 Å². The fourth-order valence-electron chi connectivity index (χ4n) is 3.41. The van der Waals surface area contributed by atoms with E-state index in [9.17, 15) is 4.79 Å². The normalized spacial score (nSPS) is 15.9. The molecule has 0 radical (unpaired) electrons. The predicted molar refractivity (Wildman–Crippen MR) is 100.0 cm³/mol. The smallest absolute Gasteiger partial charge is 0.227 e. The Labute approximate surface area is 149 Å². The van der Waals surface area contributed by atoms with Crippen LogP contribution in [0.15, 0.2) is 48.8 Å². The molecule has 1 aliphatic rings. The first-order chi connectivity index (χ1) is 12.1. The SMILES string of the molecule is CN(C(=O)Cc1cccc(N)c1)C(CN1CCCC1)c1cccnc1. The third-order valence-electron chi connectivity index (χ3n) is 4.87. The second-order valence-electron chi connectivity index (χ2n) is 6.74. The van der Waals surface area contributed by atoms with Gasteiger partial charge in [0.1, 0.15) is 0 Å². The van der Waals surface area contributed by atoms with Crippen molar-refractivity contribution in [2.24, 2.45) is 0 Å². The van der Waals surface area contributed by atoms with Crippen LogP contribution >= 0.6 is 0 Å². The molecule has 1 aromatic heterocycles. The number of benzene rings is 1. The van der Waals surface area contributed by atoms with E-state index in [2.05, 4.69) is 16.0 Å². The first kappa shape index (κ1) is 17.4. The lowest BCUT2D eigenvalue weighted by Gasteiger charge is -2.32. The molecule has 0 aliphatic carbocycles. The van der Waals surface area contributed by atoms with Gasteiger partial charge < -0.3 is 15.5 Å². The van der Waals surface area contributed by atoms with Gasteiger partial charge in [0.2, 0.25) is 5.91 Å². The molecule has 1 saturated heterocycles. The van der Waals surface area contributed by atoms with Gasteiger partial charge in [0.15, 0.2) is 0 Å². The van der Waals surface area contributed by atoms with Crippen molar-refractivity contribution in [2.75, 3.05) is 32.4 Å². The Bertz CT molecular complexity index is 698. The number of likely N-dealkylation sites (tertiary alicyclic amines) is 1. The molecule has 1 unspecified atom stereocenters. The Balaban J connectivity index is 1.75. The number of likely N-dealkylation sites (N-methyl/N-ethyl adjacent to an activating group) is 1. The van der Waals surface area contributed by atoms with Crippen LogP contribution < -0.4 is 5.73 Å². The molecule has 2 N–H and O–H groups in total. The van der Waals surface area contributed by atoms with E-state index < -0.39 is 0 Å². The van der Waals surface area contributed by atoms with Crippen LogP contribution in [0, 0.1) is 0 Å². The van der Waals surface area contributed by atoms with Crippen LogP contribution in [0.2, 0.25) is 0 Å². The number of nitrogen functional groups attached to an aromatic ring is 1. The van der Waals surface area contributed by atoms with Gasteiger partial charge in [-0.25, -0.2) is 0 Å². The molecule has 1 atom stereocenters. The Hall–Kier alpha value is -2.40. The minimum atomic E-state index is 0.0142. The highest BCUT2D eigenvalue weighted by Gasteiger charge is 2.25. The second kappa shape index (κ2) is 8.12. The number of pyridine rings is 1. The molecular weight excluding hydrogens is 312 g/mol. The van der Waals surface area contributed by atoms with E-state index in [1.54, 1.807) is 6.20 Å². The van der Waals surface area contributed by atoms with Gasteiger partial charge in [-0.05, 0) is 55.3 Å². The molecule has 0 spiro atoms. The summed E-state index contributed by atoms with van der Waals surface area (Å²) in [5, 5.41) is 0. The van der Waals surface area contributed by atoms with Gasteiger partial charge in [-0.2, -0.15) is 0 Å². The van der Waals surface area contributed by atoms with Gasteiger partial charge in [-0.1, -0.05) is 18.2 Å². The maximum atomic E-state index is 12.9. The van der Waals surface area contributed by atoms with Crippen molar-refractivity contribution in [3.63, 3.8) is 0 Å². The van der Waals surface area contributed by atoms with E-state index in [0.29, 0.717) is 12.1 Å². The topological polar surface area (TPSA) is 62.5 Å². The number of anilines is 1. The maximum absolute atomic E-state index is 12.9. The first-order valence-corrected chi connectivity index (χ1v) is 8.86. The van der Waals surface area contributed by atoms with Crippen molar-refractivity contribution in [1.82, 2.24) is 14.8 Å². The van der Waals surface area contributed by atoms with E-state index in [0.717, 1.165) is 30.8 Å². The van der Waals surface area contributed by atoms with Crippen LogP contribution in [-0.2, 0) is 11.2 Å². The quantitative estimate of drug-likeness (QED) is 0.822. The highest BCUT2D eigenvalue weighted by molar-refractivity contribution is 5.79. The molecular formula is C20H26N4O. The lowest BCUT2D eigenvalue weighted by Crippen LogP contribution is -2.39. The molecule has 25 heavy (non-hydrogen) atoms. The third kappa shape index (κ3) is 4.57. The van der Waals surface area contributed by atoms with E-state index in [4.69, 9.17) is 5.73 Å². The molecule has 1 amide bonds. The van der Waals surface area contributed by atoms with E-state index >= 15 is 0 Å². The average Bonchev–Trinajstić information content (AvgIpc) is 3.13. The van der Waals surface area contributed by atoms with Crippen LogP contribution in [0.1, 0.15) is 30.0 Å². The molecule has 132 valence electrons. The minimum Gasteiger partial charge on any atom is -0.399 e. The fraction of sp³-hybridized carbons (Fsp3) is 0.400. The molecule has 2 heterocycles. The molecule has 0 bridgehead atoms. The number of rotatable bonds is 6. The number of carbonyl (C=O) groups excluding carboxylic acids is 1. The van der Waals surface area contributed by atoms with Crippen molar-refractivity contribution >= 4 is 11.6 Å². The summed E-state index contributed by atoms with van der Waals surface area (Å²) in [6.45, 7) is 3.06. The van der Waals surface area contributed by atoms with Gasteiger partial charge in [0.05, 0.1) is 12.5 Å². The Morgan fingerprint density at radius 1 is 1.28 bits per heavy atom. The second-order valence-corrected chi connectivity index (χ2v) is 6.74. The third-order valence-corrected chi connectivity index (χ3v) is 4.87. The van der Waals surface area contributed by atoms with Gasteiger partial charge in [-0.3, -0.25) is 9.78 Å². The summed E-state index contributed by atoms with van der Waals surface area (Å²) in [5.41, 5.74) is 8.55. The number of hydrogen-bond acceptors (Lipinski definition) is 4. The van der Waals surface area contributed by atoms with Gasteiger partial charge in [0, 0.05) is 31.7 Å². The van der Waals surface area contributed by atoms with E-state index in [-0.39, 0.29) is 11.9 Å². The van der Waals surface area contributed by atoms with Crippen LogP contribution in [0.4, 0.5) is 5.69 Å². The van der Waals surface area contributed by atoms with Crippen LogP contribution in [0.25, 0.3) is 0 Å². The summed E-state index contributed by atoms with van der Waals surface area (Å²) in [6.07, 6.45) is 6.47. The lowest BCUT2D eigenvalue weighted by molar-refractivity contribution is -0.131. The monoisotopic (exact) mass is 338 g/mol. The number of nitrogens with zero attached hydrogens (tertiary/aromatic N) is 3. The van der Waals surface area contributed by atoms with Gasteiger partial charge in [0.25, 0.3) is 0 Å². The molecule has 1 fully saturated rings. The molecule has 5 heteroatoms. The first-order valence-electron chi connectivity index (χ1n) is 8.86. The minimum absolute atomic E-state index is 0.0142. The summed E-state index contributed by atoms with van der Waals surface area (Å²) in [7, 11) is 1.89. The van der Waals surface area contributed by atoms with Crippen molar-refractivity contribution < 1.29 is 4.79 Å². The summed E-state index contributed by atoms with van der Waals surface area (Å²) < 4.78 is 0. The zero-order valence-corrected chi connectivity index (χ0v) is 14.8. The predicted octanol–water partition coefficient (Wildman–Crippen LogP) is 2.50. The van der Waals surface area contributed by atoms with Crippen LogP contribution in [0.5, 0.6) is 0 Å². The number of amides is 1. The van der Waals surface area contributed by atoms with E-state index in [1.807, 2.05) is 48.5 Å². The molecule has 0 saturated carbocycles. The van der Waals surface area contributed by atoms with Crippen LogP contribution in [0.3, 0.4) is 0 Å². The van der Waals surface area contributed by atoms with Crippen molar-refractivity contribution in [3.05, 3.63) is 59.9 Å². The molecule has 2 aromatic rings. The Morgan fingerprint density at radius 2 is 2.08 bits per heavy atom. The Morgan fingerprint density at radius 3 is 2.76 bits per heavy atom. The number of nitrogens with two attached hydrogens (primary N) is 1. The summed E-state index contributed by atoms with van der Waals surface area (Å²) in [4.78, 5) is 21.4. The zero-order valence-electron chi connectivity index (χ0n) is 14.8. The van der Waals surface area contributed by atoms with Crippen LogP contribution in [-0.4, -0.2) is 47.4 Å². The summed E-state index contributed by atoms with van der Waals surface area (Å²) >= 11 is 0. The largest absolute Gasteiger partial charge is 0.399 e. The highest BCUT2D eigenvalue weighted by Crippen LogP contribution is 2.23. The highest BCUT2D eigenvalue weighted by atomic mass is 16.2. The number of carbonyl (C=O) groups is 1. The average molecular weight is 338 g/mol. The maximum Gasteiger partial charge on any atom is 0.227 e. The number of hydrogen-bond donors (Lipinski definition) is 1. The Kier molecular flexibility index (Phi) is 5.66. The van der Waals surface area contributed by atoms with Crippen molar-refractivity contribution in [1.29, 1.82) is 0 Å². The van der Waals surface area contributed by atoms with E-state index in [1.165, 1.54) is 12.8 Å². The summed E-state index contributed by atoms with van der Waals surface area (Å²) in [6, 6.07) is 11.5. The molecule has 1 aromatic carbocycles. The molecule has 3 rings (SSSR count). The number of aromatic nitrogens is 1. The standard InChI is InChI=1S/C20H26N4O/c1-23(20(25)13-16-6-4-8-18(21)12-16)19(15-24-10-2-3-11-24)17-7-5-9-22-14-17/h4-9,12,14,19H,2-3,10-11,13,15,21H2,1H3. The fourth-order valence-corrected chi connectivity index (χ4v) is 3.41.